The van der Waals surface area contributed by atoms with Gasteiger partial charge in [-0.1, -0.05) is 12.1 Å². The van der Waals surface area contributed by atoms with Gasteiger partial charge in [-0.15, -0.1) is 0 Å². The molecule has 0 saturated carbocycles. The molecular weight excluding hydrogens is 412 g/mol. The average Bonchev–Trinajstić information content (AvgIpc) is 3.12. The Morgan fingerprint density at radius 2 is 1.88 bits per heavy atom. The largest absolute Gasteiger partial charge is 0.493 e. The zero-order chi connectivity index (χ0) is 22.7. The molecule has 2 aromatic carbocycles. The molecule has 0 N–H and O–H groups in total. The maximum atomic E-state index is 12.8. The lowest BCUT2D eigenvalue weighted by Gasteiger charge is -2.32. The molecule has 0 aromatic heterocycles. The maximum absolute atomic E-state index is 12.8. The third kappa shape index (κ3) is 4.40. The Morgan fingerprint density at radius 3 is 2.59 bits per heavy atom. The number of benzene rings is 2. The first kappa shape index (κ1) is 21.7. The summed E-state index contributed by atoms with van der Waals surface area (Å²) in [6.45, 7) is 3.05. The molecule has 4 rings (SSSR count). The normalized spacial score (nSPS) is 17.2. The van der Waals surface area contributed by atoms with E-state index in [1.54, 1.807) is 49.5 Å². The number of rotatable bonds is 6. The van der Waals surface area contributed by atoms with E-state index in [2.05, 4.69) is 4.90 Å². The van der Waals surface area contributed by atoms with E-state index < -0.39 is 0 Å². The number of carbonyl (C=O) groups excluding carboxylic acids is 2. The number of hydrogen-bond acceptors (Lipinski definition) is 7. The van der Waals surface area contributed by atoms with Crippen molar-refractivity contribution < 1.29 is 28.5 Å². The van der Waals surface area contributed by atoms with Crippen molar-refractivity contribution in [3.63, 3.8) is 0 Å². The van der Waals surface area contributed by atoms with Crippen molar-refractivity contribution in [2.45, 2.75) is 0 Å². The third-order valence-corrected chi connectivity index (χ3v) is 5.58. The molecule has 0 unspecified atom stereocenters. The van der Waals surface area contributed by atoms with E-state index in [1.165, 1.54) is 0 Å². The molecular formula is C24H26N2O6. The molecule has 8 nitrogen and oxygen atoms in total. The Labute approximate surface area is 186 Å². The number of carbonyl (C=O) groups is 2. The molecule has 8 heteroatoms. The second kappa shape index (κ2) is 9.32. The number of piperazine rings is 1. The fourth-order valence-electron chi connectivity index (χ4n) is 3.72. The van der Waals surface area contributed by atoms with Crippen LogP contribution in [0.5, 0.6) is 23.0 Å². The number of hydrogen-bond donors (Lipinski definition) is 0. The molecule has 2 heterocycles. The van der Waals surface area contributed by atoms with Crippen LogP contribution in [0.2, 0.25) is 0 Å². The van der Waals surface area contributed by atoms with E-state index in [9.17, 15) is 9.59 Å². The summed E-state index contributed by atoms with van der Waals surface area (Å²) in [5.41, 5.74) is 1.10. The van der Waals surface area contributed by atoms with Gasteiger partial charge in [-0.25, -0.2) is 0 Å². The SMILES string of the molecule is COc1cccc(C=C2Oc3cc(OCC(=O)N4CCN(C)CC4)ccc3C2=O)c1OC. The predicted octanol–water partition coefficient (Wildman–Crippen LogP) is 2.47. The lowest BCUT2D eigenvalue weighted by molar-refractivity contribution is -0.134. The Hall–Kier alpha value is -3.52. The molecule has 2 aliphatic rings. The summed E-state index contributed by atoms with van der Waals surface area (Å²) >= 11 is 0. The maximum Gasteiger partial charge on any atom is 0.260 e. The van der Waals surface area contributed by atoms with Crippen LogP contribution in [0.15, 0.2) is 42.2 Å². The van der Waals surface area contributed by atoms with Crippen LogP contribution in [-0.2, 0) is 4.79 Å². The molecule has 0 aliphatic carbocycles. The summed E-state index contributed by atoms with van der Waals surface area (Å²) in [5, 5.41) is 0. The van der Waals surface area contributed by atoms with Crippen molar-refractivity contribution in [1.29, 1.82) is 0 Å². The highest BCUT2D eigenvalue weighted by molar-refractivity contribution is 6.14. The second-order valence-corrected chi connectivity index (χ2v) is 7.65. The molecule has 0 atom stereocenters. The van der Waals surface area contributed by atoms with E-state index in [1.807, 2.05) is 19.2 Å². The minimum atomic E-state index is -0.232. The first-order valence-corrected chi connectivity index (χ1v) is 10.4. The van der Waals surface area contributed by atoms with Crippen LogP contribution < -0.4 is 18.9 Å². The molecule has 2 aromatic rings. The smallest absolute Gasteiger partial charge is 0.260 e. The summed E-state index contributed by atoms with van der Waals surface area (Å²) in [5.74, 6) is 1.84. The van der Waals surface area contributed by atoms with Crippen molar-refractivity contribution in [3.8, 4) is 23.0 Å². The zero-order valence-corrected chi connectivity index (χ0v) is 18.4. The molecule has 1 saturated heterocycles. The van der Waals surface area contributed by atoms with Crippen LogP contribution in [-0.4, -0.2) is 75.5 Å². The van der Waals surface area contributed by atoms with Crippen molar-refractivity contribution in [2.75, 3.05) is 54.1 Å². The number of nitrogens with zero attached hydrogens (tertiary/aromatic N) is 2. The topological polar surface area (TPSA) is 77.5 Å². The minimum Gasteiger partial charge on any atom is -0.493 e. The van der Waals surface area contributed by atoms with Crippen molar-refractivity contribution in [3.05, 3.63) is 53.3 Å². The van der Waals surface area contributed by atoms with Gasteiger partial charge in [0.1, 0.15) is 11.5 Å². The second-order valence-electron chi connectivity index (χ2n) is 7.65. The Balaban J connectivity index is 1.46. The first-order valence-electron chi connectivity index (χ1n) is 10.4. The van der Waals surface area contributed by atoms with Gasteiger partial charge in [-0.2, -0.15) is 0 Å². The Morgan fingerprint density at radius 1 is 1.09 bits per heavy atom. The highest BCUT2D eigenvalue weighted by Gasteiger charge is 2.28. The number of Topliss-reactive ketones (excluding diaryl/α,β-unsaturated/α-hetero) is 1. The standard InChI is InChI=1S/C24H26N2O6/c1-25-9-11-26(12-10-25)22(27)15-31-17-7-8-18-20(14-17)32-21(23(18)28)13-16-5-4-6-19(29-2)24(16)30-3/h4-8,13-14H,9-12,15H2,1-3H3. The van der Waals surface area contributed by atoms with Crippen LogP contribution in [0.25, 0.3) is 6.08 Å². The van der Waals surface area contributed by atoms with Crippen molar-refractivity contribution in [2.24, 2.45) is 0 Å². The lowest BCUT2D eigenvalue weighted by Crippen LogP contribution is -2.48. The number of allylic oxidation sites excluding steroid dienone is 1. The number of fused-ring (bicyclic) bond motifs is 1. The first-order chi connectivity index (χ1) is 15.5. The van der Waals surface area contributed by atoms with Gasteiger partial charge in [0.25, 0.3) is 5.91 Å². The fourth-order valence-corrected chi connectivity index (χ4v) is 3.72. The highest BCUT2D eigenvalue weighted by Crippen LogP contribution is 2.37. The Kier molecular flexibility index (Phi) is 6.32. The van der Waals surface area contributed by atoms with Crippen LogP contribution in [0.4, 0.5) is 0 Å². The summed E-state index contributed by atoms with van der Waals surface area (Å²) in [6.07, 6.45) is 1.63. The van der Waals surface area contributed by atoms with E-state index in [4.69, 9.17) is 18.9 Å². The summed E-state index contributed by atoms with van der Waals surface area (Å²) in [6, 6.07) is 10.4. The molecule has 32 heavy (non-hydrogen) atoms. The Bertz CT molecular complexity index is 1060. The molecule has 1 amide bonds. The third-order valence-electron chi connectivity index (χ3n) is 5.58. The quantitative estimate of drug-likeness (QED) is 0.641. The zero-order valence-electron chi connectivity index (χ0n) is 18.4. The van der Waals surface area contributed by atoms with Gasteiger partial charge in [-0.3, -0.25) is 9.59 Å². The number of methoxy groups -OCH3 is 2. The molecule has 0 radical (unpaired) electrons. The summed E-state index contributed by atoms with van der Waals surface area (Å²) < 4.78 is 22.2. The number of likely N-dealkylation sites (N-methyl/N-ethyl adjacent to an activating group) is 1. The lowest BCUT2D eigenvalue weighted by atomic mass is 10.1. The molecule has 1 fully saturated rings. The summed E-state index contributed by atoms with van der Waals surface area (Å²) in [7, 11) is 5.13. The van der Waals surface area contributed by atoms with Gasteiger partial charge in [0, 0.05) is 37.8 Å². The number of amides is 1. The molecule has 0 spiro atoms. The highest BCUT2D eigenvalue weighted by atomic mass is 16.5. The van der Waals surface area contributed by atoms with E-state index in [0.29, 0.717) is 47.2 Å². The number of ether oxygens (including phenoxy) is 4. The fraction of sp³-hybridized carbons (Fsp3) is 0.333. The summed E-state index contributed by atoms with van der Waals surface area (Å²) in [4.78, 5) is 29.2. The van der Waals surface area contributed by atoms with Gasteiger partial charge in [0.2, 0.25) is 5.78 Å². The van der Waals surface area contributed by atoms with Crippen LogP contribution in [0, 0.1) is 0 Å². The van der Waals surface area contributed by atoms with Crippen molar-refractivity contribution in [1.82, 2.24) is 9.80 Å². The predicted molar refractivity (Wildman–Crippen MR) is 118 cm³/mol. The van der Waals surface area contributed by atoms with Crippen LogP contribution in [0.3, 0.4) is 0 Å². The van der Waals surface area contributed by atoms with Gasteiger partial charge >= 0.3 is 0 Å². The molecule has 0 bridgehead atoms. The number of para-hydroxylation sites is 1. The van der Waals surface area contributed by atoms with Crippen LogP contribution in [0.1, 0.15) is 15.9 Å². The van der Waals surface area contributed by atoms with Gasteiger partial charge in [-0.05, 0) is 31.3 Å². The van der Waals surface area contributed by atoms with E-state index >= 15 is 0 Å². The van der Waals surface area contributed by atoms with E-state index in [-0.39, 0.29) is 24.1 Å². The van der Waals surface area contributed by atoms with Crippen LogP contribution >= 0.6 is 0 Å². The van der Waals surface area contributed by atoms with E-state index in [0.717, 1.165) is 13.1 Å². The molecule has 2 aliphatic heterocycles. The van der Waals surface area contributed by atoms with Gasteiger partial charge < -0.3 is 28.7 Å². The minimum absolute atomic E-state index is 0.0544. The van der Waals surface area contributed by atoms with Gasteiger partial charge in [0.05, 0.1) is 19.8 Å². The monoisotopic (exact) mass is 438 g/mol. The molecule has 168 valence electrons. The van der Waals surface area contributed by atoms with Crippen molar-refractivity contribution >= 4 is 17.8 Å². The van der Waals surface area contributed by atoms with Gasteiger partial charge in [0.15, 0.2) is 23.9 Å². The average molecular weight is 438 g/mol. The number of ketones is 1.